The predicted octanol–water partition coefficient (Wildman–Crippen LogP) is 4.17. The van der Waals surface area contributed by atoms with Gasteiger partial charge in [0.15, 0.2) is 4.80 Å². The van der Waals surface area contributed by atoms with E-state index in [0.29, 0.717) is 5.52 Å². The van der Waals surface area contributed by atoms with Gasteiger partial charge in [-0.15, -0.1) is 0 Å². The van der Waals surface area contributed by atoms with Gasteiger partial charge in [0.1, 0.15) is 6.54 Å². The molecule has 0 bridgehead atoms. The minimum Gasteiger partial charge on any atom is -0.465 e. The van der Waals surface area contributed by atoms with Crippen molar-refractivity contribution >= 4 is 44.8 Å². The lowest BCUT2D eigenvalue weighted by Crippen LogP contribution is -2.23. The second-order valence-corrected chi connectivity index (χ2v) is 8.36. The third-order valence-electron chi connectivity index (χ3n) is 4.93. The molecule has 0 unspecified atom stereocenters. The van der Waals surface area contributed by atoms with Gasteiger partial charge in [0.2, 0.25) is 0 Å². The minimum atomic E-state index is -0.901. The lowest BCUT2D eigenvalue weighted by Gasteiger charge is -2.06. The monoisotopic (exact) mass is 486 g/mol. The first-order valence-corrected chi connectivity index (χ1v) is 11.4. The summed E-state index contributed by atoms with van der Waals surface area (Å²) in [6, 6.07) is 8.41. The number of fused-ring (bicyclic) bond motifs is 1. The van der Waals surface area contributed by atoms with E-state index in [-0.39, 0.29) is 23.5 Å². The summed E-state index contributed by atoms with van der Waals surface area (Å²) < 4.78 is 7.37. The summed E-state index contributed by atoms with van der Waals surface area (Å²) in [6.45, 7) is 3.77. The molecule has 2 aromatic carbocycles. The molecule has 0 aliphatic heterocycles. The summed E-state index contributed by atoms with van der Waals surface area (Å²) in [5, 5.41) is 22.3. The molecule has 0 saturated heterocycles. The normalized spacial score (nSPS) is 11.5. The maximum Gasteiger partial charge on any atom is 0.326 e. The van der Waals surface area contributed by atoms with Crippen LogP contribution in [0.1, 0.15) is 42.6 Å². The van der Waals surface area contributed by atoms with Crippen LogP contribution < -0.4 is 4.80 Å². The number of carbonyl (C=O) groups excluding carboxylic acids is 2. The Hall–Kier alpha value is -3.93. The molecule has 0 spiro atoms. The number of hydrogen-bond donors (Lipinski definition) is 0. The molecule has 0 fully saturated rings. The first-order valence-electron chi connectivity index (χ1n) is 10.5. The van der Waals surface area contributed by atoms with Gasteiger partial charge in [-0.2, -0.15) is 4.99 Å². The Morgan fingerprint density at radius 2 is 1.74 bits per heavy atom. The molecule has 3 rings (SSSR count). The lowest BCUT2D eigenvalue weighted by molar-refractivity contribution is -0.394. The molecule has 3 aromatic rings. The molecule has 0 saturated carbocycles. The number of non-ortho nitro benzene ring substituents is 2. The number of aryl methyl sites for hydroxylation is 1. The number of nitrogens with zero attached hydrogens (tertiary/aromatic N) is 4. The number of ether oxygens (including phenoxy) is 1. The van der Waals surface area contributed by atoms with Crippen molar-refractivity contribution < 1.29 is 24.2 Å². The number of nitro groups is 2. The Morgan fingerprint density at radius 3 is 2.32 bits per heavy atom. The fourth-order valence-corrected chi connectivity index (χ4v) is 4.40. The van der Waals surface area contributed by atoms with Crippen LogP contribution in [-0.4, -0.2) is 32.9 Å². The van der Waals surface area contributed by atoms with E-state index in [9.17, 15) is 29.8 Å². The molecule has 11 nitrogen and oxygen atoms in total. The fraction of sp³-hybridized carbons (Fsp3) is 0.318. The Balaban J connectivity index is 2.13. The average Bonchev–Trinajstić information content (AvgIpc) is 3.13. The summed E-state index contributed by atoms with van der Waals surface area (Å²) >= 11 is 1.18. The number of amides is 1. The van der Waals surface area contributed by atoms with E-state index in [1.807, 2.05) is 18.2 Å². The second kappa shape index (κ2) is 10.8. The summed E-state index contributed by atoms with van der Waals surface area (Å²) in [6.07, 6.45) is 2.93. The van der Waals surface area contributed by atoms with E-state index in [2.05, 4.69) is 11.9 Å². The smallest absolute Gasteiger partial charge is 0.326 e. The summed E-state index contributed by atoms with van der Waals surface area (Å²) in [7, 11) is 0. The average molecular weight is 487 g/mol. The van der Waals surface area contributed by atoms with Crippen molar-refractivity contribution in [2.45, 2.75) is 39.7 Å². The molecule has 0 N–H and O–H groups in total. The van der Waals surface area contributed by atoms with Crippen molar-refractivity contribution in [2.24, 2.45) is 4.99 Å². The Bertz CT molecular complexity index is 1310. The molecule has 1 heterocycles. The molecule has 0 aliphatic rings. The molecule has 34 heavy (non-hydrogen) atoms. The molecule has 0 aliphatic carbocycles. The van der Waals surface area contributed by atoms with E-state index in [1.54, 1.807) is 6.92 Å². The number of esters is 1. The molecule has 1 amide bonds. The Kier molecular flexibility index (Phi) is 7.84. The lowest BCUT2D eigenvalue weighted by atomic mass is 10.1. The molecule has 178 valence electrons. The van der Waals surface area contributed by atoms with Crippen LogP contribution in [0.3, 0.4) is 0 Å². The van der Waals surface area contributed by atoms with Gasteiger partial charge in [0.05, 0.1) is 38.3 Å². The SMILES string of the molecule is CCCCc1ccc2c(c1)sc(=NC(=O)c1cc([N+](=O)[O-])cc([N+](=O)[O-])c1)n2CC(=O)OCC. The highest BCUT2D eigenvalue weighted by molar-refractivity contribution is 7.16. The number of nitro benzene ring substituents is 2. The zero-order chi connectivity index (χ0) is 24.8. The van der Waals surface area contributed by atoms with Crippen LogP contribution in [0.2, 0.25) is 0 Å². The van der Waals surface area contributed by atoms with E-state index in [1.165, 1.54) is 15.9 Å². The van der Waals surface area contributed by atoms with Crippen LogP contribution >= 0.6 is 11.3 Å². The summed E-state index contributed by atoms with van der Waals surface area (Å²) in [5.74, 6) is -1.42. The maximum atomic E-state index is 12.9. The zero-order valence-corrected chi connectivity index (χ0v) is 19.4. The number of thiazole rings is 1. The van der Waals surface area contributed by atoms with Crippen LogP contribution in [0.15, 0.2) is 41.4 Å². The van der Waals surface area contributed by atoms with Crippen molar-refractivity contribution in [2.75, 3.05) is 6.61 Å². The fourth-order valence-electron chi connectivity index (χ4n) is 3.31. The van der Waals surface area contributed by atoms with E-state index in [0.717, 1.165) is 47.7 Å². The van der Waals surface area contributed by atoms with E-state index in [4.69, 9.17) is 4.74 Å². The number of unbranched alkanes of at least 4 members (excludes halogenated alkanes) is 1. The van der Waals surface area contributed by atoms with Gasteiger partial charge in [-0.25, -0.2) is 0 Å². The third kappa shape index (κ3) is 5.70. The van der Waals surface area contributed by atoms with Crippen LogP contribution in [-0.2, 0) is 22.5 Å². The summed E-state index contributed by atoms with van der Waals surface area (Å²) in [5.41, 5.74) is 0.290. The minimum absolute atomic E-state index is 0.176. The molecular formula is C22H22N4O7S. The van der Waals surface area contributed by atoms with Crippen molar-refractivity contribution in [1.29, 1.82) is 0 Å². The van der Waals surface area contributed by atoms with Crippen LogP contribution in [0.4, 0.5) is 11.4 Å². The molecular weight excluding hydrogens is 464 g/mol. The number of hydrogen-bond acceptors (Lipinski definition) is 8. The van der Waals surface area contributed by atoms with Gasteiger partial charge in [0.25, 0.3) is 17.3 Å². The van der Waals surface area contributed by atoms with Gasteiger partial charge in [-0.3, -0.25) is 29.8 Å². The van der Waals surface area contributed by atoms with E-state index >= 15 is 0 Å². The quantitative estimate of drug-likeness (QED) is 0.250. The van der Waals surface area contributed by atoms with Gasteiger partial charge in [-0.05, 0) is 37.5 Å². The number of benzene rings is 2. The van der Waals surface area contributed by atoms with Crippen LogP contribution in [0.25, 0.3) is 10.2 Å². The van der Waals surface area contributed by atoms with Crippen LogP contribution in [0.5, 0.6) is 0 Å². The highest BCUT2D eigenvalue weighted by Crippen LogP contribution is 2.24. The topological polar surface area (TPSA) is 147 Å². The molecule has 0 radical (unpaired) electrons. The second-order valence-electron chi connectivity index (χ2n) is 7.35. The number of aromatic nitrogens is 1. The number of carbonyl (C=O) groups is 2. The molecule has 1 aromatic heterocycles. The Morgan fingerprint density at radius 1 is 1.06 bits per heavy atom. The van der Waals surface area contributed by atoms with Gasteiger partial charge in [0, 0.05) is 12.1 Å². The number of rotatable bonds is 9. The molecule has 0 atom stereocenters. The van der Waals surface area contributed by atoms with E-state index < -0.39 is 33.1 Å². The van der Waals surface area contributed by atoms with Gasteiger partial charge >= 0.3 is 5.97 Å². The van der Waals surface area contributed by atoms with Gasteiger partial charge in [-0.1, -0.05) is 30.7 Å². The third-order valence-corrected chi connectivity index (χ3v) is 5.97. The van der Waals surface area contributed by atoms with Crippen molar-refractivity contribution in [3.63, 3.8) is 0 Å². The molecule has 12 heteroatoms. The van der Waals surface area contributed by atoms with Gasteiger partial charge < -0.3 is 9.30 Å². The van der Waals surface area contributed by atoms with Crippen molar-refractivity contribution in [3.8, 4) is 0 Å². The maximum absolute atomic E-state index is 12.9. The highest BCUT2D eigenvalue weighted by Gasteiger charge is 2.20. The standard InChI is InChI=1S/C22H22N4O7S/c1-3-5-6-14-7-8-18-19(9-14)34-22(24(18)13-20(27)33-4-2)23-21(28)15-10-16(25(29)30)12-17(11-15)26(31)32/h7-12H,3-6,13H2,1-2H3. The predicted molar refractivity (Wildman–Crippen MR) is 125 cm³/mol. The Labute approximate surface area is 197 Å². The largest absolute Gasteiger partial charge is 0.465 e. The van der Waals surface area contributed by atoms with Crippen LogP contribution in [0, 0.1) is 20.2 Å². The highest BCUT2D eigenvalue weighted by atomic mass is 32.1. The van der Waals surface area contributed by atoms with Crippen molar-refractivity contribution in [3.05, 3.63) is 72.6 Å². The first-order chi connectivity index (χ1) is 16.2. The first kappa shape index (κ1) is 24.7. The zero-order valence-electron chi connectivity index (χ0n) is 18.6. The summed E-state index contributed by atoms with van der Waals surface area (Å²) in [4.78, 5) is 50.0. The van der Waals surface area contributed by atoms with Crippen molar-refractivity contribution in [1.82, 2.24) is 4.57 Å².